The number of carboxylic acids is 1. The molecule has 1 N–H and O–H groups in total. The van der Waals surface area contributed by atoms with Gasteiger partial charge in [0.05, 0.1) is 6.54 Å². The smallest absolute Gasteiger partial charge is 0.413 e. The lowest BCUT2D eigenvalue weighted by Gasteiger charge is -2.22. The van der Waals surface area contributed by atoms with Crippen molar-refractivity contribution < 1.29 is 33.7 Å². The molecule has 1 saturated heterocycles. The number of hydrogen-bond acceptors (Lipinski definition) is 6. The van der Waals surface area contributed by atoms with Gasteiger partial charge < -0.3 is 19.3 Å². The third kappa shape index (κ3) is 5.25. The standard InChI is InChI=1S/C16H18ClNO7/c1-9(19)23-10(2)24-16(22)18-8-13(7-14(18)15(20)21)25-12-5-3-4-11(17)6-12/h3-6,10,13-14H,7-8H2,1-2H3,(H,20,21)/t10-,13+,14+/m1/s1. The zero-order chi connectivity index (χ0) is 18.6. The van der Waals surface area contributed by atoms with Gasteiger partial charge >= 0.3 is 18.0 Å². The number of benzene rings is 1. The zero-order valence-corrected chi connectivity index (χ0v) is 14.4. The second-order valence-electron chi connectivity index (χ2n) is 5.50. The molecule has 1 aliphatic heterocycles. The number of likely N-dealkylation sites (tertiary alicyclic amines) is 1. The van der Waals surface area contributed by atoms with Crippen LogP contribution in [0.1, 0.15) is 20.3 Å². The van der Waals surface area contributed by atoms with Gasteiger partial charge in [0.15, 0.2) is 0 Å². The predicted octanol–water partition coefficient (Wildman–Crippen LogP) is 2.29. The molecular weight excluding hydrogens is 354 g/mol. The molecule has 3 atom stereocenters. The number of carbonyl (C=O) groups excluding carboxylic acids is 2. The highest BCUT2D eigenvalue weighted by Crippen LogP contribution is 2.26. The van der Waals surface area contributed by atoms with E-state index in [1.165, 1.54) is 13.8 Å². The van der Waals surface area contributed by atoms with Crippen molar-refractivity contribution in [2.24, 2.45) is 0 Å². The fourth-order valence-corrected chi connectivity index (χ4v) is 2.70. The molecular formula is C16H18ClNO7. The Bertz CT molecular complexity index is 666. The molecule has 0 saturated carbocycles. The Balaban J connectivity index is 2.03. The van der Waals surface area contributed by atoms with Crippen molar-refractivity contribution in [3.63, 3.8) is 0 Å². The maximum Gasteiger partial charge on any atom is 0.413 e. The van der Waals surface area contributed by atoms with Gasteiger partial charge in [-0.3, -0.25) is 9.69 Å². The van der Waals surface area contributed by atoms with E-state index in [0.29, 0.717) is 10.8 Å². The Hall–Kier alpha value is -2.48. The fourth-order valence-electron chi connectivity index (χ4n) is 2.52. The molecule has 8 nitrogen and oxygen atoms in total. The molecule has 1 fully saturated rings. The van der Waals surface area contributed by atoms with Crippen LogP contribution in [0.2, 0.25) is 5.02 Å². The maximum atomic E-state index is 12.2. The molecule has 0 aromatic heterocycles. The number of ether oxygens (including phenoxy) is 3. The van der Waals surface area contributed by atoms with Crippen LogP contribution < -0.4 is 4.74 Å². The summed E-state index contributed by atoms with van der Waals surface area (Å²) in [6.07, 6.45) is -2.44. The molecule has 0 spiro atoms. The SMILES string of the molecule is CC(=O)O[C@@H](C)OC(=O)N1C[C@@H](Oc2cccc(Cl)c2)C[C@H]1C(=O)O. The highest BCUT2D eigenvalue weighted by molar-refractivity contribution is 6.30. The molecule has 9 heteroatoms. The predicted molar refractivity (Wildman–Crippen MR) is 86.3 cm³/mol. The first-order valence-electron chi connectivity index (χ1n) is 7.55. The molecule has 2 rings (SSSR count). The van der Waals surface area contributed by atoms with Crippen molar-refractivity contribution in [3.8, 4) is 5.75 Å². The highest BCUT2D eigenvalue weighted by atomic mass is 35.5. The van der Waals surface area contributed by atoms with Gasteiger partial charge in [0.25, 0.3) is 0 Å². The Labute approximate surface area is 149 Å². The lowest BCUT2D eigenvalue weighted by atomic mass is 10.2. The first-order chi connectivity index (χ1) is 11.8. The summed E-state index contributed by atoms with van der Waals surface area (Å²) in [5.74, 6) is -1.31. The van der Waals surface area contributed by atoms with E-state index in [4.69, 9.17) is 25.8 Å². The van der Waals surface area contributed by atoms with E-state index in [9.17, 15) is 19.5 Å². The van der Waals surface area contributed by atoms with E-state index in [2.05, 4.69) is 0 Å². The van der Waals surface area contributed by atoms with Crippen LogP contribution in [0.3, 0.4) is 0 Å². The molecule has 0 bridgehead atoms. The van der Waals surface area contributed by atoms with Crippen LogP contribution in [0.5, 0.6) is 5.75 Å². The highest BCUT2D eigenvalue weighted by Gasteiger charge is 2.42. The van der Waals surface area contributed by atoms with Crippen LogP contribution in [0.25, 0.3) is 0 Å². The van der Waals surface area contributed by atoms with Gasteiger partial charge in [-0.15, -0.1) is 0 Å². The van der Waals surface area contributed by atoms with E-state index < -0.39 is 36.5 Å². The molecule has 0 aliphatic carbocycles. The summed E-state index contributed by atoms with van der Waals surface area (Å²) in [5, 5.41) is 9.81. The topological polar surface area (TPSA) is 102 Å². The summed E-state index contributed by atoms with van der Waals surface area (Å²) in [6, 6.07) is 5.57. The molecule has 1 amide bonds. The second kappa shape index (κ2) is 8.06. The van der Waals surface area contributed by atoms with Crippen LogP contribution in [0.4, 0.5) is 4.79 Å². The number of rotatable bonds is 5. The number of halogens is 1. The maximum absolute atomic E-state index is 12.2. The van der Waals surface area contributed by atoms with Crippen molar-refractivity contribution >= 4 is 29.6 Å². The van der Waals surface area contributed by atoms with E-state index in [0.717, 1.165) is 4.90 Å². The number of amides is 1. The Morgan fingerprint density at radius 1 is 1.32 bits per heavy atom. The normalized spacial score (nSPS) is 20.7. The molecule has 1 aromatic carbocycles. The minimum Gasteiger partial charge on any atom is -0.488 e. The van der Waals surface area contributed by atoms with Crippen molar-refractivity contribution in [2.75, 3.05) is 6.54 Å². The average Bonchev–Trinajstić information content (AvgIpc) is 2.90. The first-order valence-corrected chi connectivity index (χ1v) is 7.93. The summed E-state index contributed by atoms with van der Waals surface area (Å²) in [6.45, 7) is 2.56. The summed E-state index contributed by atoms with van der Waals surface area (Å²) < 4.78 is 15.4. The lowest BCUT2D eigenvalue weighted by molar-refractivity contribution is -0.164. The third-order valence-corrected chi connectivity index (χ3v) is 3.71. The number of nitrogens with zero attached hydrogens (tertiary/aromatic N) is 1. The molecule has 0 radical (unpaired) electrons. The van der Waals surface area contributed by atoms with Gasteiger partial charge in [-0.2, -0.15) is 0 Å². The van der Waals surface area contributed by atoms with Gasteiger partial charge in [0, 0.05) is 25.3 Å². The van der Waals surface area contributed by atoms with Crippen LogP contribution in [0, 0.1) is 0 Å². The molecule has 1 aliphatic rings. The van der Waals surface area contributed by atoms with Crippen LogP contribution in [-0.4, -0.2) is 53.0 Å². The zero-order valence-electron chi connectivity index (χ0n) is 13.7. The summed E-state index contributed by atoms with van der Waals surface area (Å²) in [7, 11) is 0. The van der Waals surface area contributed by atoms with Gasteiger partial charge in [-0.25, -0.2) is 9.59 Å². The Morgan fingerprint density at radius 2 is 2.04 bits per heavy atom. The molecule has 0 unspecified atom stereocenters. The van der Waals surface area contributed by atoms with Crippen LogP contribution in [-0.2, 0) is 19.1 Å². The molecule has 25 heavy (non-hydrogen) atoms. The third-order valence-electron chi connectivity index (χ3n) is 3.48. The van der Waals surface area contributed by atoms with Gasteiger partial charge in [0.1, 0.15) is 17.9 Å². The van der Waals surface area contributed by atoms with Crippen LogP contribution >= 0.6 is 11.6 Å². The lowest BCUT2D eigenvalue weighted by Crippen LogP contribution is -2.42. The minimum atomic E-state index is -1.17. The largest absolute Gasteiger partial charge is 0.488 e. The molecule has 1 heterocycles. The number of aliphatic carboxylic acids is 1. The van der Waals surface area contributed by atoms with Gasteiger partial charge in [-0.1, -0.05) is 17.7 Å². The summed E-state index contributed by atoms with van der Waals surface area (Å²) in [5.41, 5.74) is 0. The van der Waals surface area contributed by atoms with Crippen LogP contribution in [0.15, 0.2) is 24.3 Å². The quantitative estimate of drug-likeness (QED) is 0.625. The molecule has 1 aromatic rings. The minimum absolute atomic E-state index is 0.0229. The van der Waals surface area contributed by atoms with Gasteiger partial charge in [0.2, 0.25) is 6.29 Å². The van der Waals surface area contributed by atoms with Crippen molar-refractivity contribution in [2.45, 2.75) is 38.7 Å². The van der Waals surface area contributed by atoms with E-state index in [1.54, 1.807) is 24.3 Å². The van der Waals surface area contributed by atoms with Crippen molar-refractivity contribution in [3.05, 3.63) is 29.3 Å². The number of esters is 1. The van der Waals surface area contributed by atoms with Crippen molar-refractivity contribution in [1.29, 1.82) is 0 Å². The second-order valence-corrected chi connectivity index (χ2v) is 5.94. The molecule has 136 valence electrons. The first kappa shape index (κ1) is 18.9. The van der Waals surface area contributed by atoms with E-state index in [-0.39, 0.29) is 13.0 Å². The fraction of sp³-hybridized carbons (Fsp3) is 0.438. The number of hydrogen-bond donors (Lipinski definition) is 1. The average molecular weight is 372 g/mol. The summed E-state index contributed by atoms with van der Waals surface area (Å²) in [4.78, 5) is 35.5. The Morgan fingerprint density at radius 3 is 2.64 bits per heavy atom. The number of carbonyl (C=O) groups is 3. The monoisotopic (exact) mass is 371 g/mol. The Kier molecular flexibility index (Phi) is 6.08. The van der Waals surface area contributed by atoms with E-state index in [1.807, 2.05) is 0 Å². The van der Waals surface area contributed by atoms with Crippen molar-refractivity contribution in [1.82, 2.24) is 4.90 Å². The van der Waals surface area contributed by atoms with E-state index >= 15 is 0 Å². The number of carboxylic acid groups (broad SMARTS) is 1. The summed E-state index contributed by atoms with van der Waals surface area (Å²) >= 11 is 5.89. The van der Waals surface area contributed by atoms with Gasteiger partial charge in [-0.05, 0) is 18.2 Å².